The predicted octanol–water partition coefficient (Wildman–Crippen LogP) is 1.90. The molecule has 0 saturated heterocycles. The molecule has 1 aromatic heterocycles. The van der Waals surface area contributed by atoms with Gasteiger partial charge in [0.2, 0.25) is 5.89 Å². The van der Waals surface area contributed by atoms with Crippen molar-refractivity contribution < 1.29 is 18.0 Å². The van der Waals surface area contributed by atoms with E-state index in [-0.39, 0.29) is 17.4 Å². The molecule has 0 aliphatic carbocycles. The quantitative estimate of drug-likeness (QED) is 0.872. The van der Waals surface area contributed by atoms with Crippen LogP contribution in [0.1, 0.15) is 41.4 Å². The second-order valence-corrected chi connectivity index (χ2v) is 7.48. The SMILES string of the molecule is CCc1noc(CS(=O)(=O)CC(O)c2ccc(C)c(C)c2)n1. The molecular weight excluding hydrogens is 304 g/mol. The van der Waals surface area contributed by atoms with Gasteiger partial charge in [-0.3, -0.25) is 0 Å². The highest BCUT2D eigenvalue weighted by molar-refractivity contribution is 7.90. The van der Waals surface area contributed by atoms with Gasteiger partial charge in [-0.15, -0.1) is 0 Å². The third kappa shape index (κ3) is 4.14. The molecule has 1 aromatic carbocycles. The van der Waals surface area contributed by atoms with E-state index in [4.69, 9.17) is 4.52 Å². The Morgan fingerprint density at radius 3 is 2.59 bits per heavy atom. The van der Waals surface area contributed by atoms with Gasteiger partial charge in [-0.1, -0.05) is 30.3 Å². The Labute approximate surface area is 130 Å². The van der Waals surface area contributed by atoms with Crippen LogP contribution in [0.5, 0.6) is 0 Å². The summed E-state index contributed by atoms with van der Waals surface area (Å²) in [5.74, 6) is -0.203. The minimum atomic E-state index is -3.55. The Hall–Kier alpha value is -1.73. The number of sulfone groups is 1. The number of aliphatic hydroxyl groups excluding tert-OH is 1. The van der Waals surface area contributed by atoms with E-state index >= 15 is 0 Å². The number of aryl methyl sites for hydroxylation is 3. The standard InChI is InChI=1S/C15H20N2O4S/c1-4-14-16-15(21-17-14)9-22(19,20)8-13(18)12-6-5-10(2)11(3)7-12/h5-7,13,18H,4,8-9H2,1-3H3. The van der Waals surface area contributed by atoms with Gasteiger partial charge in [-0.05, 0) is 30.5 Å². The Bertz CT molecular complexity index is 753. The number of nitrogens with zero attached hydrogens (tertiary/aromatic N) is 2. The maximum absolute atomic E-state index is 12.1. The fourth-order valence-electron chi connectivity index (χ4n) is 2.05. The van der Waals surface area contributed by atoms with Crippen molar-refractivity contribution in [2.45, 2.75) is 39.0 Å². The Balaban J connectivity index is 2.08. The molecule has 22 heavy (non-hydrogen) atoms. The summed E-state index contributed by atoms with van der Waals surface area (Å²) in [5.41, 5.74) is 2.70. The summed E-state index contributed by atoms with van der Waals surface area (Å²) in [4.78, 5) is 3.98. The van der Waals surface area contributed by atoms with Gasteiger partial charge in [0.05, 0.1) is 11.9 Å². The van der Waals surface area contributed by atoms with E-state index in [1.165, 1.54) is 0 Å². The Morgan fingerprint density at radius 2 is 2.00 bits per heavy atom. The van der Waals surface area contributed by atoms with Crippen LogP contribution in [-0.4, -0.2) is 29.4 Å². The van der Waals surface area contributed by atoms with Gasteiger partial charge in [0.15, 0.2) is 15.7 Å². The van der Waals surface area contributed by atoms with Crippen LogP contribution in [0.3, 0.4) is 0 Å². The van der Waals surface area contributed by atoms with Crippen LogP contribution in [-0.2, 0) is 22.0 Å². The summed E-state index contributed by atoms with van der Waals surface area (Å²) >= 11 is 0. The lowest BCUT2D eigenvalue weighted by Gasteiger charge is -2.12. The molecule has 7 heteroatoms. The number of rotatable bonds is 6. The third-order valence-electron chi connectivity index (χ3n) is 3.50. The summed E-state index contributed by atoms with van der Waals surface area (Å²) in [7, 11) is -3.55. The first kappa shape index (κ1) is 16.6. The number of hydrogen-bond donors (Lipinski definition) is 1. The summed E-state index contributed by atoms with van der Waals surface area (Å²) in [5, 5.41) is 13.8. The van der Waals surface area contributed by atoms with Crippen molar-refractivity contribution in [3.8, 4) is 0 Å². The molecule has 0 amide bonds. The van der Waals surface area contributed by atoms with Gasteiger partial charge in [0.25, 0.3) is 0 Å². The van der Waals surface area contributed by atoms with Crippen molar-refractivity contribution >= 4 is 9.84 Å². The maximum Gasteiger partial charge on any atom is 0.241 e. The molecule has 120 valence electrons. The molecular formula is C15H20N2O4S. The van der Waals surface area contributed by atoms with Gasteiger partial charge < -0.3 is 9.63 Å². The van der Waals surface area contributed by atoms with E-state index in [1.807, 2.05) is 26.8 Å². The van der Waals surface area contributed by atoms with Gasteiger partial charge in [-0.2, -0.15) is 4.98 Å². The molecule has 0 aliphatic rings. The summed E-state index contributed by atoms with van der Waals surface area (Å²) < 4.78 is 29.2. The lowest BCUT2D eigenvalue weighted by Crippen LogP contribution is -2.16. The monoisotopic (exact) mass is 324 g/mol. The maximum atomic E-state index is 12.1. The lowest BCUT2D eigenvalue weighted by molar-refractivity contribution is 0.201. The highest BCUT2D eigenvalue weighted by Gasteiger charge is 2.22. The normalized spacial score (nSPS) is 13.3. The van der Waals surface area contributed by atoms with Crippen LogP contribution >= 0.6 is 0 Å². The summed E-state index contributed by atoms with van der Waals surface area (Å²) in [6, 6.07) is 5.41. The summed E-state index contributed by atoms with van der Waals surface area (Å²) in [6.07, 6.45) is -0.493. The first-order valence-corrected chi connectivity index (χ1v) is 8.90. The Kier molecular flexibility index (Phi) is 4.97. The van der Waals surface area contributed by atoms with Crippen LogP contribution in [0.25, 0.3) is 0 Å². The van der Waals surface area contributed by atoms with Crippen LogP contribution < -0.4 is 0 Å². The molecule has 1 unspecified atom stereocenters. The van der Waals surface area contributed by atoms with Crippen LogP contribution in [0.2, 0.25) is 0 Å². The number of aliphatic hydroxyl groups is 1. The van der Waals surface area contributed by atoms with Gasteiger partial charge in [0, 0.05) is 6.42 Å². The van der Waals surface area contributed by atoms with E-state index in [1.54, 1.807) is 12.1 Å². The first-order chi connectivity index (χ1) is 10.3. The number of hydrogen-bond acceptors (Lipinski definition) is 6. The molecule has 1 heterocycles. The van der Waals surface area contributed by atoms with Crippen molar-refractivity contribution in [3.63, 3.8) is 0 Å². The molecule has 0 radical (unpaired) electrons. The molecule has 2 aromatic rings. The van der Waals surface area contributed by atoms with Crippen molar-refractivity contribution in [1.82, 2.24) is 10.1 Å². The van der Waals surface area contributed by atoms with Crippen LogP contribution in [0.4, 0.5) is 0 Å². The topological polar surface area (TPSA) is 93.3 Å². The lowest BCUT2D eigenvalue weighted by atomic mass is 10.0. The molecule has 0 aliphatic heterocycles. The molecule has 1 N–H and O–H groups in total. The minimum absolute atomic E-state index is 0.0594. The van der Waals surface area contributed by atoms with Gasteiger partial charge in [-0.25, -0.2) is 8.42 Å². The molecule has 6 nitrogen and oxygen atoms in total. The largest absolute Gasteiger partial charge is 0.387 e. The average molecular weight is 324 g/mol. The summed E-state index contributed by atoms with van der Waals surface area (Å²) in [6.45, 7) is 5.74. The minimum Gasteiger partial charge on any atom is -0.387 e. The van der Waals surface area contributed by atoms with E-state index in [0.29, 0.717) is 17.8 Å². The van der Waals surface area contributed by atoms with Gasteiger partial charge in [0.1, 0.15) is 5.75 Å². The fraction of sp³-hybridized carbons (Fsp3) is 0.467. The highest BCUT2D eigenvalue weighted by Crippen LogP contribution is 2.20. The molecule has 2 rings (SSSR count). The molecule has 0 fully saturated rings. The molecule has 0 spiro atoms. The van der Waals surface area contributed by atoms with E-state index in [2.05, 4.69) is 10.1 Å². The van der Waals surface area contributed by atoms with Crippen molar-refractivity contribution in [3.05, 3.63) is 46.6 Å². The third-order valence-corrected chi connectivity index (χ3v) is 5.01. The molecule has 1 atom stereocenters. The van der Waals surface area contributed by atoms with E-state index in [9.17, 15) is 13.5 Å². The zero-order valence-electron chi connectivity index (χ0n) is 12.9. The zero-order valence-corrected chi connectivity index (χ0v) is 13.7. The molecule has 0 bridgehead atoms. The van der Waals surface area contributed by atoms with Crippen molar-refractivity contribution in [2.75, 3.05) is 5.75 Å². The fourth-order valence-corrected chi connectivity index (χ4v) is 3.33. The molecule has 0 saturated carbocycles. The van der Waals surface area contributed by atoms with E-state index in [0.717, 1.165) is 11.1 Å². The predicted molar refractivity (Wildman–Crippen MR) is 82.0 cm³/mol. The smallest absolute Gasteiger partial charge is 0.241 e. The Morgan fingerprint density at radius 1 is 1.27 bits per heavy atom. The van der Waals surface area contributed by atoms with Crippen LogP contribution in [0.15, 0.2) is 22.7 Å². The number of benzene rings is 1. The van der Waals surface area contributed by atoms with Crippen LogP contribution in [0, 0.1) is 13.8 Å². The first-order valence-electron chi connectivity index (χ1n) is 7.08. The number of aromatic nitrogens is 2. The second-order valence-electron chi connectivity index (χ2n) is 5.37. The zero-order chi connectivity index (χ0) is 16.3. The highest BCUT2D eigenvalue weighted by atomic mass is 32.2. The average Bonchev–Trinajstić information content (AvgIpc) is 2.88. The van der Waals surface area contributed by atoms with Crippen molar-refractivity contribution in [1.29, 1.82) is 0 Å². The van der Waals surface area contributed by atoms with Crippen molar-refractivity contribution in [2.24, 2.45) is 0 Å². The van der Waals surface area contributed by atoms with E-state index < -0.39 is 15.9 Å². The van der Waals surface area contributed by atoms with Gasteiger partial charge >= 0.3 is 0 Å². The second kappa shape index (κ2) is 6.58.